The number of hydrogen-bond acceptors (Lipinski definition) is 3. The molecule has 0 bridgehead atoms. The van der Waals surface area contributed by atoms with Crippen LogP contribution in [0.2, 0.25) is 0 Å². The minimum Gasteiger partial charge on any atom is -0.477 e. The molecule has 0 fully saturated rings. The monoisotopic (exact) mass is 304 g/mol. The summed E-state index contributed by atoms with van der Waals surface area (Å²) < 4.78 is 44.0. The lowest BCUT2D eigenvalue weighted by Crippen LogP contribution is -2.22. The highest BCUT2D eigenvalue weighted by atomic mass is 19.4. The highest BCUT2D eigenvalue weighted by Crippen LogP contribution is 2.41. The summed E-state index contributed by atoms with van der Waals surface area (Å²) in [7, 11) is 0. The van der Waals surface area contributed by atoms with Gasteiger partial charge in [0.2, 0.25) is 0 Å². The fraction of sp³-hybridized carbons (Fsp3) is 0.125. The fourth-order valence-electron chi connectivity index (χ4n) is 2.24. The van der Waals surface area contributed by atoms with Crippen molar-refractivity contribution < 1.29 is 17.9 Å². The second-order valence-corrected chi connectivity index (χ2v) is 4.77. The Kier molecular flexibility index (Phi) is 3.44. The number of rotatable bonds is 2. The lowest BCUT2D eigenvalue weighted by Gasteiger charge is -2.25. The summed E-state index contributed by atoms with van der Waals surface area (Å²) in [4.78, 5) is 4.14. The number of halogens is 3. The summed E-state index contributed by atoms with van der Waals surface area (Å²) in [5, 5.41) is 7.44. The zero-order chi connectivity index (χ0) is 15.7. The molecular weight excluding hydrogens is 293 g/mol. The molecule has 0 radical (unpaired) electrons. The number of fused-ring (bicyclic) bond motifs is 1. The molecule has 3 rings (SSSR count). The minimum absolute atomic E-state index is 0.0838. The first-order valence-electron chi connectivity index (χ1n) is 6.51. The van der Waals surface area contributed by atoms with Crippen LogP contribution in [0.5, 0.6) is 5.75 Å². The first-order chi connectivity index (χ1) is 10.5. The third kappa shape index (κ3) is 2.59. The van der Waals surface area contributed by atoms with Gasteiger partial charge in [0.1, 0.15) is 17.1 Å². The standard InChI is InChI=1S/C16H11F3N2O/c17-16(18,19)11-6-7-14-12(8-11)21-13(9-20)15(22-14)10-4-2-1-3-5-10/h1-9,15,20H. The Morgan fingerprint density at radius 2 is 1.82 bits per heavy atom. The van der Waals surface area contributed by atoms with Crippen molar-refractivity contribution >= 4 is 17.6 Å². The molecule has 6 heteroatoms. The van der Waals surface area contributed by atoms with E-state index in [-0.39, 0.29) is 17.1 Å². The normalized spacial score (nSPS) is 17.2. The van der Waals surface area contributed by atoms with Crippen molar-refractivity contribution in [1.29, 1.82) is 5.41 Å². The molecule has 22 heavy (non-hydrogen) atoms. The summed E-state index contributed by atoms with van der Waals surface area (Å²) in [6.45, 7) is 0. The van der Waals surface area contributed by atoms with Gasteiger partial charge in [-0.1, -0.05) is 30.3 Å². The zero-order valence-electron chi connectivity index (χ0n) is 11.3. The van der Waals surface area contributed by atoms with E-state index < -0.39 is 17.8 Å². The van der Waals surface area contributed by atoms with Gasteiger partial charge in [0.25, 0.3) is 0 Å². The van der Waals surface area contributed by atoms with Crippen LogP contribution in [0.4, 0.5) is 18.9 Å². The van der Waals surface area contributed by atoms with E-state index >= 15 is 0 Å². The largest absolute Gasteiger partial charge is 0.477 e. The second kappa shape index (κ2) is 5.29. The molecule has 1 unspecified atom stereocenters. The lowest BCUT2D eigenvalue weighted by molar-refractivity contribution is -0.137. The van der Waals surface area contributed by atoms with Gasteiger partial charge in [-0.15, -0.1) is 0 Å². The maximum absolute atomic E-state index is 12.7. The van der Waals surface area contributed by atoms with Crippen molar-refractivity contribution in [3.63, 3.8) is 0 Å². The van der Waals surface area contributed by atoms with Gasteiger partial charge in [0, 0.05) is 6.21 Å². The van der Waals surface area contributed by atoms with Gasteiger partial charge in [-0.3, -0.25) is 0 Å². The lowest BCUT2D eigenvalue weighted by atomic mass is 10.0. The quantitative estimate of drug-likeness (QED) is 0.812. The summed E-state index contributed by atoms with van der Waals surface area (Å²) in [5.41, 5.74) is 0.343. The van der Waals surface area contributed by atoms with Gasteiger partial charge in [-0.2, -0.15) is 13.2 Å². The predicted molar refractivity (Wildman–Crippen MR) is 77.1 cm³/mol. The third-order valence-electron chi connectivity index (χ3n) is 3.30. The van der Waals surface area contributed by atoms with Crippen LogP contribution in [0.1, 0.15) is 17.2 Å². The van der Waals surface area contributed by atoms with Gasteiger partial charge in [-0.25, -0.2) is 4.99 Å². The highest BCUT2D eigenvalue weighted by Gasteiger charge is 2.33. The van der Waals surface area contributed by atoms with Crippen molar-refractivity contribution in [2.75, 3.05) is 0 Å². The van der Waals surface area contributed by atoms with Crippen LogP contribution in [0.15, 0.2) is 53.5 Å². The smallest absolute Gasteiger partial charge is 0.416 e. The summed E-state index contributed by atoms with van der Waals surface area (Å²) in [6.07, 6.45) is -4.03. The van der Waals surface area contributed by atoms with Crippen LogP contribution in [0.3, 0.4) is 0 Å². The topological polar surface area (TPSA) is 45.4 Å². The molecule has 1 N–H and O–H groups in total. The molecule has 3 nitrogen and oxygen atoms in total. The molecule has 2 aromatic rings. The molecule has 1 heterocycles. The Labute approximate surface area is 124 Å². The zero-order valence-corrected chi connectivity index (χ0v) is 11.3. The fourth-order valence-corrected chi connectivity index (χ4v) is 2.24. The van der Waals surface area contributed by atoms with E-state index in [1.807, 2.05) is 30.3 Å². The first-order valence-corrected chi connectivity index (χ1v) is 6.51. The van der Waals surface area contributed by atoms with Gasteiger partial charge >= 0.3 is 6.18 Å². The average molecular weight is 304 g/mol. The Morgan fingerprint density at radius 3 is 2.45 bits per heavy atom. The van der Waals surface area contributed by atoms with Crippen molar-refractivity contribution in [3.05, 3.63) is 59.7 Å². The molecule has 0 saturated heterocycles. The molecule has 1 aliphatic heterocycles. The Hall–Kier alpha value is -2.63. The van der Waals surface area contributed by atoms with Crippen LogP contribution < -0.4 is 4.74 Å². The maximum Gasteiger partial charge on any atom is 0.416 e. The van der Waals surface area contributed by atoms with Crippen molar-refractivity contribution in [1.82, 2.24) is 0 Å². The van der Waals surface area contributed by atoms with Crippen molar-refractivity contribution in [2.45, 2.75) is 12.3 Å². The number of nitrogens with one attached hydrogen (secondary N) is 1. The Bertz CT molecular complexity index is 739. The number of ether oxygens (including phenoxy) is 1. The highest BCUT2D eigenvalue weighted by molar-refractivity contribution is 6.32. The van der Waals surface area contributed by atoms with Gasteiger partial charge in [0.05, 0.1) is 5.56 Å². The SMILES string of the molecule is N=CC1=Nc2cc(C(F)(F)F)ccc2OC1c1ccccc1. The number of hydrogen-bond donors (Lipinski definition) is 1. The van der Waals surface area contributed by atoms with E-state index in [9.17, 15) is 13.2 Å². The molecule has 0 spiro atoms. The van der Waals surface area contributed by atoms with Gasteiger partial charge in [-0.05, 0) is 23.8 Å². The average Bonchev–Trinajstić information content (AvgIpc) is 2.53. The first kappa shape index (κ1) is 14.3. The summed E-state index contributed by atoms with van der Waals surface area (Å²) in [5.74, 6) is 0.271. The summed E-state index contributed by atoms with van der Waals surface area (Å²) >= 11 is 0. The number of alkyl halides is 3. The molecular formula is C16H11F3N2O. The van der Waals surface area contributed by atoms with Crippen LogP contribution in [-0.4, -0.2) is 11.9 Å². The van der Waals surface area contributed by atoms with Crippen molar-refractivity contribution in [2.24, 2.45) is 4.99 Å². The van der Waals surface area contributed by atoms with E-state index in [1.165, 1.54) is 6.07 Å². The van der Waals surface area contributed by atoms with E-state index in [0.717, 1.165) is 23.9 Å². The van der Waals surface area contributed by atoms with Crippen LogP contribution >= 0.6 is 0 Å². The van der Waals surface area contributed by atoms with E-state index in [0.29, 0.717) is 0 Å². The molecule has 1 atom stereocenters. The number of nitrogens with zero attached hydrogens (tertiary/aromatic N) is 1. The molecule has 112 valence electrons. The Morgan fingerprint density at radius 1 is 1.09 bits per heavy atom. The number of benzene rings is 2. The van der Waals surface area contributed by atoms with Crippen molar-refractivity contribution in [3.8, 4) is 5.75 Å². The van der Waals surface area contributed by atoms with Crippen LogP contribution in [0.25, 0.3) is 0 Å². The van der Waals surface area contributed by atoms with Crippen LogP contribution in [-0.2, 0) is 6.18 Å². The van der Waals surface area contributed by atoms with E-state index in [4.69, 9.17) is 10.1 Å². The molecule has 0 aromatic heterocycles. The van der Waals surface area contributed by atoms with E-state index in [2.05, 4.69) is 4.99 Å². The third-order valence-corrected chi connectivity index (χ3v) is 3.30. The molecule has 0 aliphatic carbocycles. The van der Waals surface area contributed by atoms with Crippen LogP contribution in [0, 0.1) is 5.41 Å². The van der Waals surface area contributed by atoms with E-state index in [1.54, 1.807) is 0 Å². The minimum atomic E-state index is -4.44. The molecule has 0 amide bonds. The van der Waals surface area contributed by atoms with Gasteiger partial charge < -0.3 is 10.1 Å². The van der Waals surface area contributed by atoms with Gasteiger partial charge in [0.15, 0.2) is 6.10 Å². The summed E-state index contributed by atoms with van der Waals surface area (Å²) in [6, 6.07) is 12.3. The second-order valence-electron chi connectivity index (χ2n) is 4.77. The predicted octanol–water partition coefficient (Wildman–Crippen LogP) is 4.56. The molecule has 0 saturated carbocycles. The molecule has 1 aliphatic rings. The Balaban J connectivity index is 2.04. The number of aliphatic imine (C=N–C) groups is 1. The molecule has 2 aromatic carbocycles. The maximum atomic E-state index is 12.7.